The van der Waals surface area contributed by atoms with E-state index in [4.69, 9.17) is 11.6 Å². The number of carbonyl (C=O) groups is 1. The van der Waals surface area contributed by atoms with Crippen LogP contribution in [0.5, 0.6) is 0 Å². The molecule has 0 aliphatic rings. The first-order valence-electron chi connectivity index (χ1n) is 6.25. The topological polar surface area (TPSA) is 20.3 Å². The van der Waals surface area contributed by atoms with E-state index in [1.165, 1.54) is 0 Å². The SMILES string of the molecule is CC(Cl)CC(=O)N(c1ccccc1)c1ccccc1. The van der Waals surface area contributed by atoms with Crippen LogP contribution in [-0.4, -0.2) is 11.3 Å². The van der Waals surface area contributed by atoms with E-state index in [0.29, 0.717) is 6.42 Å². The Bertz CT molecular complexity index is 485. The van der Waals surface area contributed by atoms with Gasteiger partial charge in [0.05, 0.1) is 0 Å². The fourth-order valence-electron chi connectivity index (χ4n) is 1.92. The Morgan fingerprint density at radius 3 is 1.79 bits per heavy atom. The van der Waals surface area contributed by atoms with Crippen molar-refractivity contribution < 1.29 is 4.79 Å². The van der Waals surface area contributed by atoms with Crippen LogP contribution < -0.4 is 4.90 Å². The monoisotopic (exact) mass is 273 g/mol. The molecule has 1 unspecified atom stereocenters. The third-order valence-electron chi connectivity index (χ3n) is 2.73. The largest absolute Gasteiger partial charge is 0.281 e. The van der Waals surface area contributed by atoms with Gasteiger partial charge in [0.25, 0.3) is 0 Å². The second-order valence-corrected chi connectivity index (χ2v) is 5.13. The van der Waals surface area contributed by atoms with Crippen molar-refractivity contribution in [1.82, 2.24) is 0 Å². The van der Waals surface area contributed by atoms with E-state index in [0.717, 1.165) is 11.4 Å². The smallest absolute Gasteiger partial charge is 0.233 e. The molecule has 1 atom stereocenters. The molecule has 0 spiro atoms. The summed E-state index contributed by atoms with van der Waals surface area (Å²) in [5.74, 6) is -0.0000926. The van der Waals surface area contributed by atoms with E-state index >= 15 is 0 Å². The second-order valence-electron chi connectivity index (χ2n) is 4.39. The maximum absolute atomic E-state index is 12.4. The summed E-state index contributed by atoms with van der Waals surface area (Å²) in [6.45, 7) is 1.83. The van der Waals surface area contributed by atoms with Crippen LogP contribution in [0, 0.1) is 0 Å². The van der Waals surface area contributed by atoms with Crippen LogP contribution in [0.3, 0.4) is 0 Å². The Labute approximate surface area is 118 Å². The molecule has 0 aliphatic heterocycles. The first-order chi connectivity index (χ1) is 9.18. The molecule has 2 aromatic carbocycles. The first-order valence-corrected chi connectivity index (χ1v) is 6.69. The molecular weight excluding hydrogens is 258 g/mol. The summed E-state index contributed by atoms with van der Waals surface area (Å²) in [5.41, 5.74) is 1.71. The quantitative estimate of drug-likeness (QED) is 0.758. The number of rotatable bonds is 4. The molecule has 0 aromatic heterocycles. The summed E-state index contributed by atoms with van der Waals surface area (Å²) in [4.78, 5) is 14.1. The minimum Gasteiger partial charge on any atom is -0.281 e. The molecule has 0 heterocycles. The predicted octanol–water partition coefficient (Wildman–Crippen LogP) is 4.37. The zero-order valence-corrected chi connectivity index (χ0v) is 11.5. The molecular formula is C16H16ClNO. The lowest BCUT2D eigenvalue weighted by molar-refractivity contribution is -0.117. The fraction of sp³-hybridized carbons (Fsp3) is 0.188. The van der Waals surface area contributed by atoms with Gasteiger partial charge >= 0.3 is 0 Å². The van der Waals surface area contributed by atoms with Gasteiger partial charge in [-0.2, -0.15) is 0 Å². The van der Waals surface area contributed by atoms with E-state index in [-0.39, 0.29) is 11.3 Å². The Hall–Kier alpha value is -1.80. The number of anilines is 2. The maximum atomic E-state index is 12.4. The van der Waals surface area contributed by atoms with Crippen LogP contribution in [0.4, 0.5) is 11.4 Å². The van der Waals surface area contributed by atoms with Gasteiger partial charge in [-0.25, -0.2) is 0 Å². The number of carbonyl (C=O) groups excluding carboxylic acids is 1. The minimum absolute atomic E-state index is 0.0000926. The molecule has 0 radical (unpaired) electrons. The lowest BCUT2D eigenvalue weighted by Crippen LogP contribution is -2.27. The highest BCUT2D eigenvalue weighted by molar-refractivity contribution is 6.22. The lowest BCUT2D eigenvalue weighted by atomic mass is 10.2. The van der Waals surface area contributed by atoms with Crippen LogP contribution in [-0.2, 0) is 4.79 Å². The molecule has 19 heavy (non-hydrogen) atoms. The van der Waals surface area contributed by atoms with Crippen LogP contribution in [0.2, 0.25) is 0 Å². The van der Waals surface area contributed by atoms with Crippen molar-refractivity contribution in [2.45, 2.75) is 18.7 Å². The minimum atomic E-state index is -0.178. The second kappa shape index (κ2) is 6.39. The third-order valence-corrected chi connectivity index (χ3v) is 2.89. The van der Waals surface area contributed by atoms with Gasteiger partial charge in [0.1, 0.15) is 0 Å². The predicted molar refractivity (Wildman–Crippen MR) is 80.0 cm³/mol. The Kier molecular flexibility index (Phi) is 4.58. The van der Waals surface area contributed by atoms with E-state index < -0.39 is 0 Å². The maximum Gasteiger partial charge on any atom is 0.233 e. The molecule has 98 valence electrons. The summed E-state index contributed by atoms with van der Waals surface area (Å²) < 4.78 is 0. The summed E-state index contributed by atoms with van der Waals surface area (Å²) in [6.07, 6.45) is 0.311. The molecule has 2 nitrogen and oxygen atoms in total. The van der Waals surface area contributed by atoms with Crippen molar-refractivity contribution >= 4 is 28.9 Å². The van der Waals surface area contributed by atoms with E-state index in [9.17, 15) is 4.79 Å². The number of halogens is 1. The highest BCUT2D eigenvalue weighted by atomic mass is 35.5. The zero-order valence-electron chi connectivity index (χ0n) is 10.8. The fourth-order valence-corrected chi connectivity index (χ4v) is 2.06. The molecule has 0 bridgehead atoms. The van der Waals surface area contributed by atoms with Crippen LogP contribution in [0.1, 0.15) is 13.3 Å². The van der Waals surface area contributed by atoms with Gasteiger partial charge in [-0.3, -0.25) is 9.69 Å². The van der Waals surface area contributed by atoms with E-state index in [1.807, 2.05) is 67.6 Å². The number of benzene rings is 2. The Morgan fingerprint density at radius 2 is 1.42 bits per heavy atom. The van der Waals surface area contributed by atoms with Gasteiger partial charge < -0.3 is 0 Å². The van der Waals surface area contributed by atoms with Gasteiger partial charge in [0, 0.05) is 23.2 Å². The zero-order chi connectivity index (χ0) is 13.7. The summed E-state index contributed by atoms with van der Waals surface area (Å²) in [5, 5.41) is -0.178. The lowest BCUT2D eigenvalue weighted by Gasteiger charge is -2.23. The molecule has 2 rings (SSSR count). The number of hydrogen-bond donors (Lipinski definition) is 0. The third kappa shape index (κ3) is 3.58. The average Bonchev–Trinajstić information content (AvgIpc) is 2.40. The van der Waals surface area contributed by atoms with Crippen molar-refractivity contribution in [3.8, 4) is 0 Å². The molecule has 0 saturated carbocycles. The number of para-hydroxylation sites is 2. The normalized spacial score (nSPS) is 11.9. The first kappa shape index (κ1) is 13.6. The van der Waals surface area contributed by atoms with Crippen molar-refractivity contribution in [2.75, 3.05) is 4.90 Å². The van der Waals surface area contributed by atoms with Crippen LogP contribution in [0.25, 0.3) is 0 Å². The highest BCUT2D eigenvalue weighted by Crippen LogP contribution is 2.26. The standard InChI is InChI=1S/C16H16ClNO/c1-13(17)12-16(19)18(14-8-4-2-5-9-14)15-10-6-3-7-11-15/h2-11,13H,12H2,1H3. The summed E-state index contributed by atoms with van der Waals surface area (Å²) in [6, 6.07) is 19.2. The van der Waals surface area contributed by atoms with Crippen LogP contribution in [0.15, 0.2) is 60.7 Å². The van der Waals surface area contributed by atoms with Gasteiger partial charge in [-0.05, 0) is 31.2 Å². The molecule has 0 fully saturated rings. The van der Waals surface area contributed by atoms with Gasteiger partial charge in [-0.1, -0.05) is 36.4 Å². The van der Waals surface area contributed by atoms with Crippen LogP contribution >= 0.6 is 11.6 Å². The molecule has 2 aromatic rings. The van der Waals surface area contributed by atoms with Crippen molar-refractivity contribution in [2.24, 2.45) is 0 Å². The number of nitrogens with zero attached hydrogens (tertiary/aromatic N) is 1. The average molecular weight is 274 g/mol. The number of hydrogen-bond acceptors (Lipinski definition) is 1. The Balaban J connectivity index is 2.37. The molecule has 0 saturated heterocycles. The number of amides is 1. The summed E-state index contributed by atoms with van der Waals surface area (Å²) >= 11 is 5.94. The number of alkyl halides is 1. The molecule has 0 aliphatic carbocycles. The molecule has 0 N–H and O–H groups in total. The molecule has 1 amide bonds. The van der Waals surface area contributed by atoms with Crippen molar-refractivity contribution in [3.05, 3.63) is 60.7 Å². The Morgan fingerprint density at radius 1 is 1.00 bits per heavy atom. The van der Waals surface area contributed by atoms with Crippen molar-refractivity contribution in [1.29, 1.82) is 0 Å². The molecule has 3 heteroatoms. The van der Waals surface area contributed by atoms with E-state index in [1.54, 1.807) is 4.90 Å². The van der Waals surface area contributed by atoms with Gasteiger partial charge in [0.15, 0.2) is 0 Å². The van der Waals surface area contributed by atoms with Gasteiger partial charge in [-0.15, -0.1) is 11.6 Å². The highest BCUT2D eigenvalue weighted by Gasteiger charge is 2.18. The van der Waals surface area contributed by atoms with Crippen molar-refractivity contribution in [3.63, 3.8) is 0 Å². The van der Waals surface area contributed by atoms with E-state index in [2.05, 4.69) is 0 Å². The van der Waals surface area contributed by atoms with Gasteiger partial charge in [0.2, 0.25) is 5.91 Å². The summed E-state index contributed by atoms with van der Waals surface area (Å²) in [7, 11) is 0.